The molecule has 7 heteroatoms. The van der Waals surface area contributed by atoms with Crippen molar-refractivity contribution in [3.63, 3.8) is 0 Å². The quantitative estimate of drug-likeness (QED) is 0.645. The molecule has 2 saturated heterocycles. The maximum absolute atomic E-state index is 12.2. The third-order valence-corrected chi connectivity index (χ3v) is 5.53. The van der Waals surface area contributed by atoms with Crippen LogP contribution in [0.4, 0.5) is 11.4 Å². The van der Waals surface area contributed by atoms with Crippen molar-refractivity contribution in [1.29, 1.82) is 0 Å². The molecule has 0 saturated carbocycles. The summed E-state index contributed by atoms with van der Waals surface area (Å²) in [7, 11) is 0. The van der Waals surface area contributed by atoms with Crippen LogP contribution < -0.4 is 19.9 Å². The highest BCUT2D eigenvalue weighted by molar-refractivity contribution is 6.02. The smallest absolute Gasteiger partial charge is 0.249 e. The van der Waals surface area contributed by atoms with E-state index in [-0.39, 0.29) is 23.8 Å². The Morgan fingerprint density at radius 1 is 1.12 bits per heavy atom. The summed E-state index contributed by atoms with van der Waals surface area (Å²) < 4.78 is 5.85. The summed E-state index contributed by atoms with van der Waals surface area (Å²) in [6.07, 6.45) is 3.72. The number of fused-ring (bicyclic) bond motifs is 1. The highest BCUT2D eigenvalue weighted by Crippen LogP contribution is 2.38. The van der Waals surface area contributed by atoms with E-state index in [2.05, 4.69) is 10.2 Å². The Morgan fingerprint density at radius 2 is 1.92 bits per heavy atom. The SMILES string of the molecule is O=CC1CCN(c2ccc3c(c2)OCCN3C2CCC(=O)NC2=O)CC1. The molecule has 138 valence electrons. The van der Waals surface area contributed by atoms with Crippen molar-refractivity contribution in [2.45, 2.75) is 31.7 Å². The van der Waals surface area contributed by atoms with Crippen LogP contribution in [-0.2, 0) is 14.4 Å². The van der Waals surface area contributed by atoms with E-state index in [4.69, 9.17) is 4.74 Å². The van der Waals surface area contributed by atoms with Crippen molar-refractivity contribution < 1.29 is 19.1 Å². The summed E-state index contributed by atoms with van der Waals surface area (Å²) in [5.74, 6) is 0.516. The molecular formula is C19H23N3O4. The normalized spacial score (nSPS) is 23.9. The molecule has 1 unspecified atom stereocenters. The fourth-order valence-electron chi connectivity index (χ4n) is 4.02. The zero-order valence-electron chi connectivity index (χ0n) is 14.6. The molecule has 26 heavy (non-hydrogen) atoms. The number of carbonyl (C=O) groups excluding carboxylic acids is 3. The molecule has 3 heterocycles. The van der Waals surface area contributed by atoms with Crippen LogP contribution in [0.15, 0.2) is 18.2 Å². The summed E-state index contributed by atoms with van der Waals surface area (Å²) in [6, 6.07) is 5.74. The van der Waals surface area contributed by atoms with Gasteiger partial charge >= 0.3 is 0 Å². The fraction of sp³-hybridized carbons (Fsp3) is 0.526. The first-order valence-corrected chi connectivity index (χ1v) is 9.23. The molecule has 1 aromatic carbocycles. The van der Waals surface area contributed by atoms with E-state index in [9.17, 15) is 14.4 Å². The van der Waals surface area contributed by atoms with Gasteiger partial charge in [0.25, 0.3) is 0 Å². The largest absolute Gasteiger partial charge is 0.489 e. The lowest BCUT2D eigenvalue weighted by Gasteiger charge is -2.39. The zero-order valence-corrected chi connectivity index (χ0v) is 14.6. The van der Waals surface area contributed by atoms with Crippen LogP contribution in [0.3, 0.4) is 0 Å². The zero-order chi connectivity index (χ0) is 18.1. The second-order valence-corrected chi connectivity index (χ2v) is 7.12. The molecule has 0 aliphatic carbocycles. The Morgan fingerprint density at radius 3 is 2.65 bits per heavy atom. The number of aldehydes is 1. The van der Waals surface area contributed by atoms with Gasteiger partial charge in [-0.3, -0.25) is 14.9 Å². The molecule has 3 aliphatic heterocycles. The van der Waals surface area contributed by atoms with Crippen molar-refractivity contribution in [2.24, 2.45) is 5.92 Å². The van der Waals surface area contributed by atoms with Crippen molar-refractivity contribution in [2.75, 3.05) is 36.0 Å². The van der Waals surface area contributed by atoms with E-state index < -0.39 is 0 Å². The minimum absolute atomic E-state index is 0.170. The van der Waals surface area contributed by atoms with Crippen LogP contribution in [0, 0.1) is 5.92 Å². The van der Waals surface area contributed by atoms with Crippen LogP contribution in [-0.4, -0.2) is 50.4 Å². The van der Waals surface area contributed by atoms with E-state index >= 15 is 0 Å². The first kappa shape index (κ1) is 16.9. The second kappa shape index (κ2) is 6.97. The first-order chi connectivity index (χ1) is 12.7. The molecular weight excluding hydrogens is 334 g/mol. The predicted octanol–water partition coefficient (Wildman–Crippen LogP) is 1.11. The average molecular weight is 357 g/mol. The molecule has 0 spiro atoms. The molecule has 0 radical (unpaired) electrons. The lowest BCUT2D eigenvalue weighted by atomic mass is 9.98. The van der Waals surface area contributed by atoms with Crippen molar-refractivity contribution in [1.82, 2.24) is 5.32 Å². The van der Waals surface area contributed by atoms with E-state index in [1.807, 2.05) is 23.1 Å². The van der Waals surface area contributed by atoms with Crippen LogP contribution in [0.25, 0.3) is 0 Å². The third-order valence-electron chi connectivity index (χ3n) is 5.53. The van der Waals surface area contributed by atoms with Gasteiger partial charge in [0.05, 0.1) is 12.2 Å². The summed E-state index contributed by atoms with van der Waals surface area (Å²) in [6.45, 7) is 2.86. The summed E-state index contributed by atoms with van der Waals surface area (Å²) >= 11 is 0. The Labute approximate surface area is 152 Å². The average Bonchev–Trinajstić information content (AvgIpc) is 2.67. The number of nitrogens with zero attached hydrogens (tertiary/aromatic N) is 2. The van der Waals surface area contributed by atoms with Gasteiger partial charge in [0, 0.05) is 37.2 Å². The lowest BCUT2D eigenvalue weighted by Crippen LogP contribution is -2.54. The summed E-state index contributed by atoms with van der Waals surface area (Å²) in [5, 5.41) is 2.43. The number of piperidine rings is 2. The van der Waals surface area contributed by atoms with Gasteiger partial charge in [-0.1, -0.05) is 0 Å². The first-order valence-electron chi connectivity index (χ1n) is 9.23. The summed E-state index contributed by atoms with van der Waals surface area (Å²) in [4.78, 5) is 38.9. The van der Waals surface area contributed by atoms with Gasteiger partial charge in [-0.15, -0.1) is 0 Å². The summed E-state index contributed by atoms with van der Waals surface area (Å²) in [5.41, 5.74) is 1.98. The third kappa shape index (κ3) is 3.13. The van der Waals surface area contributed by atoms with Crippen molar-refractivity contribution >= 4 is 29.5 Å². The Bertz CT molecular complexity index is 727. The van der Waals surface area contributed by atoms with Gasteiger partial charge in [0.1, 0.15) is 24.7 Å². The lowest BCUT2D eigenvalue weighted by molar-refractivity contribution is -0.134. The highest BCUT2D eigenvalue weighted by atomic mass is 16.5. The Kier molecular flexibility index (Phi) is 4.53. The van der Waals surface area contributed by atoms with Gasteiger partial charge in [0.2, 0.25) is 11.8 Å². The van der Waals surface area contributed by atoms with E-state index in [1.54, 1.807) is 0 Å². The Hall–Kier alpha value is -2.57. The number of anilines is 2. The van der Waals surface area contributed by atoms with Crippen LogP contribution >= 0.6 is 0 Å². The number of hydrogen-bond donors (Lipinski definition) is 1. The molecule has 0 bridgehead atoms. The topological polar surface area (TPSA) is 79.0 Å². The van der Waals surface area contributed by atoms with Gasteiger partial charge in [-0.05, 0) is 31.4 Å². The van der Waals surface area contributed by atoms with E-state index in [0.717, 1.165) is 49.3 Å². The molecule has 7 nitrogen and oxygen atoms in total. The number of carbonyl (C=O) groups is 3. The molecule has 3 aliphatic rings. The maximum Gasteiger partial charge on any atom is 0.249 e. The number of rotatable bonds is 3. The minimum atomic E-state index is -0.329. The number of ether oxygens (including phenoxy) is 1. The number of amides is 2. The van der Waals surface area contributed by atoms with Crippen LogP contribution in [0.2, 0.25) is 0 Å². The molecule has 1 aromatic rings. The van der Waals surface area contributed by atoms with Crippen LogP contribution in [0.1, 0.15) is 25.7 Å². The highest BCUT2D eigenvalue weighted by Gasteiger charge is 2.34. The standard InChI is InChI=1S/C19H23N3O4/c23-12-13-5-7-21(8-6-13)14-1-2-15-17(11-14)26-10-9-22(15)16-3-4-18(24)20-19(16)25/h1-2,11-13,16H,3-10H2,(H,20,24,25). The van der Waals surface area contributed by atoms with Crippen molar-refractivity contribution in [3.8, 4) is 5.75 Å². The minimum Gasteiger partial charge on any atom is -0.489 e. The number of benzene rings is 1. The van der Waals surface area contributed by atoms with E-state index in [0.29, 0.717) is 26.0 Å². The Balaban J connectivity index is 1.53. The number of imide groups is 1. The second-order valence-electron chi connectivity index (χ2n) is 7.12. The molecule has 2 amide bonds. The fourth-order valence-corrected chi connectivity index (χ4v) is 4.02. The molecule has 2 fully saturated rings. The van der Waals surface area contributed by atoms with E-state index in [1.165, 1.54) is 0 Å². The van der Waals surface area contributed by atoms with Gasteiger partial charge in [-0.2, -0.15) is 0 Å². The number of nitrogens with one attached hydrogen (secondary N) is 1. The molecule has 1 N–H and O–H groups in total. The monoisotopic (exact) mass is 357 g/mol. The molecule has 0 aromatic heterocycles. The van der Waals surface area contributed by atoms with Gasteiger partial charge in [-0.25, -0.2) is 0 Å². The van der Waals surface area contributed by atoms with Gasteiger partial charge in [0.15, 0.2) is 0 Å². The maximum atomic E-state index is 12.2. The van der Waals surface area contributed by atoms with Gasteiger partial charge < -0.3 is 19.3 Å². The molecule has 4 rings (SSSR count). The number of hydrogen-bond acceptors (Lipinski definition) is 6. The van der Waals surface area contributed by atoms with Crippen LogP contribution in [0.5, 0.6) is 5.75 Å². The molecule has 1 atom stereocenters. The predicted molar refractivity (Wildman–Crippen MR) is 96.5 cm³/mol. The van der Waals surface area contributed by atoms with Crippen molar-refractivity contribution in [3.05, 3.63) is 18.2 Å².